The highest BCUT2D eigenvalue weighted by Crippen LogP contribution is 2.41. The number of nitrogens with zero attached hydrogens (tertiary/aromatic N) is 1. The van der Waals surface area contributed by atoms with Crippen molar-refractivity contribution in [2.24, 2.45) is 5.73 Å². The second kappa shape index (κ2) is 5.85. The lowest BCUT2D eigenvalue weighted by molar-refractivity contribution is 0.110. The molecule has 2 N–H and O–H groups in total. The van der Waals surface area contributed by atoms with Gasteiger partial charge in [0, 0.05) is 18.6 Å². The van der Waals surface area contributed by atoms with E-state index < -0.39 is 0 Å². The van der Waals surface area contributed by atoms with Gasteiger partial charge in [0.2, 0.25) is 0 Å². The van der Waals surface area contributed by atoms with Crippen molar-refractivity contribution in [3.8, 4) is 11.5 Å². The van der Waals surface area contributed by atoms with Gasteiger partial charge in [-0.1, -0.05) is 12.1 Å². The van der Waals surface area contributed by atoms with Gasteiger partial charge in [-0.25, -0.2) is 0 Å². The normalized spacial score (nSPS) is 22.0. The van der Waals surface area contributed by atoms with E-state index in [9.17, 15) is 0 Å². The van der Waals surface area contributed by atoms with Crippen molar-refractivity contribution in [2.75, 3.05) is 27.2 Å². The topological polar surface area (TPSA) is 47.7 Å². The van der Waals surface area contributed by atoms with Gasteiger partial charge in [-0.15, -0.1) is 0 Å². The Labute approximate surface area is 127 Å². The Hall–Kier alpha value is -1.26. The van der Waals surface area contributed by atoms with Gasteiger partial charge in [-0.2, -0.15) is 0 Å². The molecule has 4 heteroatoms. The number of piperidine rings is 1. The zero-order valence-electron chi connectivity index (χ0n) is 13.1. The number of rotatable bonds is 5. The Bertz CT molecular complexity index is 492. The first-order valence-electron chi connectivity index (χ1n) is 7.90. The molecule has 0 bridgehead atoms. The highest BCUT2D eigenvalue weighted by molar-refractivity contribution is 5.48. The zero-order valence-corrected chi connectivity index (χ0v) is 13.1. The highest BCUT2D eigenvalue weighted by atomic mass is 16.5. The standard InChI is InChI=1S/C17H26N2O2/c1-19-10-6-14(7-11-19)21-16-13(12-17(18)8-9-17)4-3-5-15(16)20-2/h3-5,14H,6-12,18H2,1-2H3. The maximum Gasteiger partial charge on any atom is 0.164 e. The summed E-state index contributed by atoms with van der Waals surface area (Å²) in [5.74, 6) is 1.74. The van der Waals surface area contributed by atoms with Gasteiger partial charge in [0.25, 0.3) is 0 Å². The second-order valence-electron chi connectivity index (χ2n) is 6.61. The molecule has 0 radical (unpaired) electrons. The van der Waals surface area contributed by atoms with Crippen LogP contribution in [-0.2, 0) is 6.42 Å². The average Bonchev–Trinajstić information content (AvgIpc) is 3.20. The SMILES string of the molecule is COc1cccc(CC2(N)CC2)c1OC1CCN(C)CC1. The largest absolute Gasteiger partial charge is 0.493 e. The quantitative estimate of drug-likeness (QED) is 0.903. The fraction of sp³-hybridized carbons (Fsp3) is 0.647. The summed E-state index contributed by atoms with van der Waals surface area (Å²) in [6, 6.07) is 6.13. The van der Waals surface area contributed by atoms with Crippen LogP contribution in [-0.4, -0.2) is 43.8 Å². The van der Waals surface area contributed by atoms with Gasteiger partial charge in [0.15, 0.2) is 11.5 Å². The van der Waals surface area contributed by atoms with Crippen molar-refractivity contribution in [2.45, 2.75) is 43.7 Å². The van der Waals surface area contributed by atoms with Crippen LogP contribution < -0.4 is 15.2 Å². The fourth-order valence-electron chi connectivity index (χ4n) is 2.98. The first-order valence-corrected chi connectivity index (χ1v) is 7.90. The van der Waals surface area contributed by atoms with Gasteiger partial charge in [-0.3, -0.25) is 0 Å². The van der Waals surface area contributed by atoms with Crippen LogP contribution in [0, 0.1) is 0 Å². The molecule has 1 aliphatic heterocycles. The van der Waals surface area contributed by atoms with Crippen LogP contribution in [0.5, 0.6) is 11.5 Å². The Morgan fingerprint density at radius 3 is 2.62 bits per heavy atom. The molecule has 1 saturated heterocycles. The van der Waals surface area contributed by atoms with E-state index in [1.54, 1.807) is 7.11 Å². The molecule has 0 spiro atoms. The van der Waals surface area contributed by atoms with Gasteiger partial charge in [0.05, 0.1) is 7.11 Å². The minimum Gasteiger partial charge on any atom is -0.493 e. The smallest absolute Gasteiger partial charge is 0.164 e. The molecular weight excluding hydrogens is 264 g/mol. The molecule has 4 nitrogen and oxygen atoms in total. The van der Waals surface area contributed by atoms with E-state index in [0.29, 0.717) is 0 Å². The van der Waals surface area contributed by atoms with E-state index in [1.807, 2.05) is 12.1 Å². The molecular formula is C17H26N2O2. The minimum absolute atomic E-state index is 0.0166. The Balaban J connectivity index is 1.77. The van der Waals surface area contributed by atoms with Crippen LogP contribution in [0.1, 0.15) is 31.2 Å². The minimum atomic E-state index is -0.0166. The Kier molecular flexibility index (Phi) is 4.09. The third-order valence-corrected chi connectivity index (χ3v) is 4.67. The zero-order chi connectivity index (χ0) is 14.9. The Morgan fingerprint density at radius 2 is 2.00 bits per heavy atom. The van der Waals surface area contributed by atoms with Crippen molar-refractivity contribution < 1.29 is 9.47 Å². The number of hydrogen-bond acceptors (Lipinski definition) is 4. The fourth-order valence-corrected chi connectivity index (χ4v) is 2.98. The molecule has 3 rings (SSSR count). The number of para-hydroxylation sites is 1. The summed E-state index contributed by atoms with van der Waals surface area (Å²) in [4.78, 5) is 2.35. The number of benzene rings is 1. The third-order valence-electron chi connectivity index (χ3n) is 4.67. The molecule has 116 valence electrons. The second-order valence-corrected chi connectivity index (χ2v) is 6.61. The summed E-state index contributed by atoms with van der Waals surface area (Å²) in [6.07, 6.45) is 5.52. The summed E-state index contributed by atoms with van der Waals surface area (Å²) in [7, 11) is 3.87. The van der Waals surface area contributed by atoms with Crippen molar-refractivity contribution in [1.29, 1.82) is 0 Å². The molecule has 0 unspecified atom stereocenters. The first kappa shape index (κ1) is 14.7. The van der Waals surface area contributed by atoms with Crippen LogP contribution in [0.25, 0.3) is 0 Å². The van der Waals surface area contributed by atoms with E-state index in [1.165, 1.54) is 5.56 Å². The van der Waals surface area contributed by atoms with E-state index >= 15 is 0 Å². The molecule has 21 heavy (non-hydrogen) atoms. The van der Waals surface area contributed by atoms with E-state index in [-0.39, 0.29) is 11.6 Å². The van der Waals surface area contributed by atoms with Crippen molar-refractivity contribution >= 4 is 0 Å². The van der Waals surface area contributed by atoms with Crippen molar-refractivity contribution in [3.63, 3.8) is 0 Å². The third kappa shape index (κ3) is 3.50. The highest BCUT2D eigenvalue weighted by Gasteiger charge is 2.39. The number of nitrogens with two attached hydrogens (primary N) is 1. The van der Waals surface area contributed by atoms with Gasteiger partial charge in [0.1, 0.15) is 6.10 Å². The van der Waals surface area contributed by atoms with E-state index in [4.69, 9.17) is 15.2 Å². The molecule has 1 aliphatic carbocycles. The van der Waals surface area contributed by atoms with Gasteiger partial charge >= 0.3 is 0 Å². The maximum absolute atomic E-state index is 6.32. The number of likely N-dealkylation sites (tertiary alicyclic amines) is 1. The summed E-state index contributed by atoms with van der Waals surface area (Å²) in [5, 5.41) is 0. The molecule has 1 saturated carbocycles. The van der Waals surface area contributed by atoms with E-state index in [2.05, 4.69) is 18.0 Å². The lowest BCUT2D eigenvalue weighted by atomic mass is 10.0. The molecule has 0 amide bonds. The monoisotopic (exact) mass is 290 g/mol. The maximum atomic E-state index is 6.32. The molecule has 0 atom stereocenters. The van der Waals surface area contributed by atoms with Crippen LogP contribution in [0.15, 0.2) is 18.2 Å². The predicted molar refractivity (Wildman–Crippen MR) is 84.0 cm³/mol. The molecule has 1 heterocycles. The van der Waals surface area contributed by atoms with Crippen LogP contribution in [0.3, 0.4) is 0 Å². The van der Waals surface area contributed by atoms with E-state index in [0.717, 1.165) is 56.7 Å². The van der Waals surface area contributed by atoms with Crippen molar-refractivity contribution in [1.82, 2.24) is 4.90 Å². The molecule has 0 aromatic heterocycles. The first-order chi connectivity index (χ1) is 10.1. The average molecular weight is 290 g/mol. The lowest BCUT2D eigenvalue weighted by Gasteiger charge is -2.30. The van der Waals surface area contributed by atoms with Crippen LogP contribution in [0.4, 0.5) is 0 Å². The van der Waals surface area contributed by atoms with Crippen LogP contribution in [0.2, 0.25) is 0 Å². The summed E-state index contributed by atoms with van der Waals surface area (Å²) in [5.41, 5.74) is 7.46. The molecule has 2 aliphatic rings. The lowest BCUT2D eigenvalue weighted by Crippen LogP contribution is -2.36. The number of methoxy groups -OCH3 is 1. The van der Waals surface area contributed by atoms with Gasteiger partial charge in [-0.05, 0) is 50.8 Å². The number of hydrogen-bond donors (Lipinski definition) is 1. The predicted octanol–water partition coefficient (Wildman–Crippen LogP) is 2.20. The number of ether oxygens (including phenoxy) is 2. The summed E-state index contributed by atoms with van der Waals surface area (Å²) in [6.45, 7) is 2.19. The summed E-state index contributed by atoms with van der Waals surface area (Å²) < 4.78 is 11.8. The summed E-state index contributed by atoms with van der Waals surface area (Å²) >= 11 is 0. The van der Waals surface area contributed by atoms with Crippen molar-refractivity contribution in [3.05, 3.63) is 23.8 Å². The molecule has 1 aromatic rings. The Morgan fingerprint density at radius 1 is 1.29 bits per heavy atom. The molecule has 2 fully saturated rings. The van der Waals surface area contributed by atoms with Gasteiger partial charge < -0.3 is 20.1 Å². The molecule has 1 aromatic carbocycles. The van der Waals surface area contributed by atoms with Crippen LogP contribution >= 0.6 is 0 Å².